The molecule has 1 aliphatic heterocycles. The molecule has 0 bridgehead atoms. The highest BCUT2D eigenvalue weighted by atomic mass is 32.1. The number of fused-ring (bicyclic) bond motifs is 1. The van der Waals surface area contributed by atoms with Gasteiger partial charge in [-0.1, -0.05) is 0 Å². The standard InChI is InChI=1S/C7H11N3S2/c1-8-6(11)9-4-2-3-5-10(9)7(8)12/h2-5H2,1H3. The molecule has 0 aliphatic carbocycles. The van der Waals surface area contributed by atoms with Gasteiger partial charge < -0.3 is 0 Å². The number of hydrogen-bond donors (Lipinski definition) is 0. The minimum Gasteiger partial charge on any atom is -0.296 e. The average Bonchev–Trinajstić information content (AvgIpc) is 2.33. The van der Waals surface area contributed by atoms with Gasteiger partial charge in [-0.2, -0.15) is 0 Å². The van der Waals surface area contributed by atoms with Crippen LogP contribution in [-0.2, 0) is 20.1 Å². The normalized spacial score (nSPS) is 16.1. The fourth-order valence-corrected chi connectivity index (χ4v) is 2.20. The molecular formula is C7H11N3S2. The van der Waals surface area contributed by atoms with Crippen molar-refractivity contribution >= 4 is 24.4 Å². The molecule has 0 aromatic carbocycles. The summed E-state index contributed by atoms with van der Waals surface area (Å²) in [7, 11) is 1.93. The van der Waals surface area contributed by atoms with Gasteiger partial charge in [0.25, 0.3) is 0 Å². The Labute approximate surface area is 81.2 Å². The van der Waals surface area contributed by atoms with Crippen molar-refractivity contribution < 1.29 is 0 Å². The van der Waals surface area contributed by atoms with Gasteiger partial charge in [0.05, 0.1) is 0 Å². The van der Waals surface area contributed by atoms with Crippen LogP contribution in [0.1, 0.15) is 12.8 Å². The zero-order chi connectivity index (χ0) is 8.72. The quantitative estimate of drug-likeness (QED) is 0.595. The second kappa shape index (κ2) is 2.81. The third-order valence-corrected chi connectivity index (χ3v) is 3.27. The van der Waals surface area contributed by atoms with Crippen LogP contribution in [-0.4, -0.2) is 13.9 Å². The SMILES string of the molecule is Cn1c(=S)n2n(c1=S)CCCC2. The molecule has 2 rings (SSSR count). The molecule has 0 unspecified atom stereocenters. The van der Waals surface area contributed by atoms with Crippen LogP contribution in [0.5, 0.6) is 0 Å². The first-order chi connectivity index (χ1) is 5.72. The minimum atomic E-state index is 0.847. The average molecular weight is 201 g/mol. The first-order valence-corrected chi connectivity index (χ1v) is 4.90. The molecule has 0 spiro atoms. The predicted molar refractivity (Wildman–Crippen MR) is 52.3 cm³/mol. The molecule has 1 aromatic heterocycles. The van der Waals surface area contributed by atoms with Gasteiger partial charge in [-0.05, 0) is 37.3 Å². The van der Waals surface area contributed by atoms with Gasteiger partial charge in [-0.3, -0.25) is 13.9 Å². The van der Waals surface area contributed by atoms with Crippen LogP contribution in [0.25, 0.3) is 0 Å². The van der Waals surface area contributed by atoms with Crippen LogP contribution in [0.15, 0.2) is 0 Å². The van der Waals surface area contributed by atoms with E-state index in [1.165, 1.54) is 12.8 Å². The zero-order valence-corrected chi connectivity index (χ0v) is 8.62. The monoisotopic (exact) mass is 201 g/mol. The lowest BCUT2D eigenvalue weighted by Crippen LogP contribution is -2.18. The van der Waals surface area contributed by atoms with Crippen molar-refractivity contribution in [2.75, 3.05) is 0 Å². The van der Waals surface area contributed by atoms with E-state index in [0.29, 0.717) is 0 Å². The van der Waals surface area contributed by atoms with Crippen molar-refractivity contribution in [3.8, 4) is 0 Å². The van der Waals surface area contributed by atoms with Gasteiger partial charge in [0.15, 0.2) is 9.54 Å². The Balaban J connectivity index is 2.77. The van der Waals surface area contributed by atoms with Crippen molar-refractivity contribution in [1.29, 1.82) is 0 Å². The minimum absolute atomic E-state index is 0.847. The maximum atomic E-state index is 5.24. The highest BCUT2D eigenvalue weighted by molar-refractivity contribution is 7.72. The molecule has 0 radical (unpaired) electrons. The molecule has 0 saturated heterocycles. The lowest BCUT2D eigenvalue weighted by Gasteiger charge is -2.15. The molecule has 3 nitrogen and oxygen atoms in total. The molecular weight excluding hydrogens is 190 g/mol. The van der Waals surface area contributed by atoms with Crippen molar-refractivity contribution in [3.05, 3.63) is 9.54 Å². The number of aromatic nitrogens is 3. The van der Waals surface area contributed by atoms with Crippen molar-refractivity contribution in [2.45, 2.75) is 25.9 Å². The second-order valence-electron chi connectivity index (χ2n) is 3.08. The van der Waals surface area contributed by atoms with Crippen molar-refractivity contribution in [2.24, 2.45) is 7.05 Å². The fourth-order valence-electron chi connectivity index (χ4n) is 1.59. The lowest BCUT2D eigenvalue weighted by molar-refractivity contribution is 0.357. The van der Waals surface area contributed by atoms with Gasteiger partial charge in [0.1, 0.15) is 0 Å². The van der Waals surface area contributed by atoms with E-state index in [2.05, 4.69) is 9.36 Å². The van der Waals surface area contributed by atoms with Crippen LogP contribution >= 0.6 is 24.4 Å². The Morgan fingerprint density at radius 1 is 1.00 bits per heavy atom. The molecule has 0 fully saturated rings. The van der Waals surface area contributed by atoms with E-state index in [-0.39, 0.29) is 0 Å². The van der Waals surface area contributed by atoms with Gasteiger partial charge in [0.2, 0.25) is 0 Å². The third kappa shape index (κ3) is 0.998. The van der Waals surface area contributed by atoms with Gasteiger partial charge in [-0.15, -0.1) is 0 Å². The summed E-state index contributed by atoms with van der Waals surface area (Å²) in [5, 5.41) is 0. The van der Waals surface area contributed by atoms with Gasteiger partial charge >= 0.3 is 0 Å². The molecule has 2 heterocycles. The Kier molecular flexibility index (Phi) is 1.92. The van der Waals surface area contributed by atoms with Crippen molar-refractivity contribution in [3.63, 3.8) is 0 Å². The molecule has 1 aromatic rings. The Morgan fingerprint density at radius 3 is 1.83 bits per heavy atom. The molecule has 0 amide bonds. The summed E-state index contributed by atoms with van der Waals surface area (Å²) in [4.78, 5) is 0. The Bertz CT molecular complexity index is 372. The summed E-state index contributed by atoms with van der Waals surface area (Å²) in [5.41, 5.74) is 0. The molecule has 1 aliphatic rings. The van der Waals surface area contributed by atoms with Crippen LogP contribution in [0, 0.1) is 9.54 Å². The number of rotatable bonds is 0. The molecule has 0 N–H and O–H groups in total. The summed E-state index contributed by atoms with van der Waals surface area (Å²) < 4.78 is 7.79. The summed E-state index contributed by atoms with van der Waals surface area (Å²) in [5.74, 6) is 0. The predicted octanol–water partition coefficient (Wildman–Crippen LogP) is 1.88. The van der Waals surface area contributed by atoms with E-state index in [0.717, 1.165) is 22.6 Å². The van der Waals surface area contributed by atoms with E-state index < -0.39 is 0 Å². The molecule has 66 valence electrons. The second-order valence-corrected chi connectivity index (χ2v) is 3.81. The lowest BCUT2D eigenvalue weighted by atomic mass is 10.3. The van der Waals surface area contributed by atoms with E-state index in [1.807, 2.05) is 11.6 Å². The number of hydrogen-bond acceptors (Lipinski definition) is 2. The maximum Gasteiger partial charge on any atom is 0.196 e. The summed E-state index contributed by atoms with van der Waals surface area (Å²) in [6.45, 7) is 2.03. The largest absolute Gasteiger partial charge is 0.296 e. The van der Waals surface area contributed by atoms with Crippen LogP contribution in [0.2, 0.25) is 0 Å². The van der Waals surface area contributed by atoms with Crippen LogP contribution in [0.3, 0.4) is 0 Å². The summed E-state index contributed by atoms with van der Waals surface area (Å²) in [6.07, 6.45) is 2.43. The molecule has 0 saturated carbocycles. The Hall–Kier alpha value is -0.420. The topological polar surface area (TPSA) is 14.8 Å². The molecule has 12 heavy (non-hydrogen) atoms. The molecule has 0 atom stereocenters. The first-order valence-electron chi connectivity index (χ1n) is 4.08. The smallest absolute Gasteiger partial charge is 0.196 e. The van der Waals surface area contributed by atoms with Gasteiger partial charge in [0, 0.05) is 20.1 Å². The van der Waals surface area contributed by atoms with Gasteiger partial charge in [-0.25, -0.2) is 0 Å². The number of nitrogens with zero attached hydrogens (tertiary/aromatic N) is 3. The van der Waals surface area contributed by atoms with E-state index >= 15 is 0 Å². The summed E-state index contributed by atoms with van der Waals surface area (Å²) in [6, 6.07) is 0. The van der Waals surface area contributed by atoms with E-state index in [9.17, 15) is 0 Å². The summed E-state index contributed by atoms with van der Waals surface area (Å²) >= 11 is 10.5. The van der Waals surface area contributed by atoms with E-state index in [1.54, 1.807) is 0 Å². The fraction of sp³-hybridized carbons (Fsp3) is 0.714. The highest BCUT2D eigenvalue weighted by Gasteiger charge is 2.11. The van der Waals surface area contributed by atoms with Crippen LogP contribution < -0.4 is 0 Å². The third-order valence-electron chi connectivity index (χ3n) is 2.30. The molecule has 5 heteroatoms. The zero-order valence-electron chi connectivity index (χ0n) is 6.99. The Morgan fingerprint density at radius 2 is 1.42 bits per heavy atom. The highest BCUT2D eigenvalue weighted by Crippen LogP contribution is 2.10. The van der Waals surface area contributed by atoms with E-state index in [4.69, 9.17) is 24.4 Å². The van der Waals surface area contributed by atoms with Crippen LogP contribution in [0.4, 0.5) is 0 Å². The van der Waals surface area contributed by atoms with Crippen molar-refractivity contribution in [1.82, 2.24) is 13.9 Å². The maximum absolute atomic E-state index is 5.24. The first kappa shape index (κ1) is 8.19.